The maximum absolute atomic E-state index is 12.0. The summed E-state index contributed by atoms with van der Waals surface area (Å²) < 4.78 is 10.5. The highest BCUT2D eigenvalue weighted by Crippen LogP contribution is 2.34. The lowest BCUT2D eigenvalue weighted by molar-refractivity contribution is 0.174. The molecule has 9 heteroatoms. The van der Waals surface area contributed by atoms with Crippen LogP contribution in [0.1, 0.15) is 12.6 Å². The van der Waals surface area contributed by atoms with E-state index in [2.05, 4.69) is 31.2 Å². The van der Waals surface area contributed by atoms with Gasteiger partial charge in [-0.25, -0.2) is 9.78 Å². The number of hydrogen-bond acceptors (Lipinski definition) is 7. The van der Waals surface area contributed by atoms with E-state index in [1.807, 2.05) is 19.9 Å². The minimum Gasteiger partial charge on any atom is -0.454 e. The standard InChI is InChI=1S/C17H22N6O3/c1-3-18-16-21-11(2)8-15(23-16)19-6-7-20-17(24)22-12-4-5-13-14(9-12)26-10-25-13/h4-5,8-9H,3,6-7,10H2,1-2H3,(H2,20,22,24)(H2,18,19,21,23). The van der Waals surface area contributed by atoms with Crippen LogP contribution in [0.4, 0.5) is 22.2 Å². The number of carbonyl (C=O) groups is 1. The molecule has 0 saturated heterocycles. The first kappa shape index (κ1) is 17.6. The summed E-state index contributed by atoms with van der Waals surface area (Å²) in [6.07, 6.45) is 0. The van der Waals surface area contributed by atoms with E-state index >= 15 is 0 Å². The molecule has 0 unspecified atom stereocenters. The first-order valence-corrected chi connectivity index (χ1v) is 8.42. The van der Waals surface area contributed by atoms with Crippen molar-refractivity contribution < 1.29 is 14.3 Å². The Bertz CT molecular complexity index is 783. The molecule has 4 N–H and O–H groups in total. The van der Waals surface area contributed by atoms with Crippen molar-refractivity contribution in [2.45, 2.75) is 13.8 Å². The molecule has 2 aromatic rings. The van der Waals surface area contributed by atoms with E-state index in [9.17, 15) is 4.79 Å². The van der Waals surface area contributed by atoms with Crippen LogP contribution in [0, 0.1) is 6.92 Å². The quantitative estimate of drug-likeness (QED) is 0.562. The third kappa shape index (κ3) is 4.65. The van der Waals surface area contributed by atoms with E-state index in [1.54, 1.807) is 18.2 Å². The van der Waals surface area contributed by atoms with Gasteiger partial charge in [0.2, 0.25) is 12.7 Å². The number of urea groups is 1. The molecule has 0 atom stereocenters. The Morgan fingerprint density at radius 2 is 1.96 bits per heavy atom. The summed E-state index contributed by atoms with van der Waals surface area (Å²) in [5, 5.41) is 11.8. The molecule has 9 nitrogen and oxygen atoms in total. The first-order chi connectivity index (χ1) is 12.6. The van der Waals surface area contributed by atoms with Gasteiger partial charge in [0.05, 0.1) is 0 Å². The molecular weight excluding hydrogens is 336 g/mol. The van der Waals surface area contributed by atoms with Crippen LogP contribution in [-0.2, 0) is 0 Å². The lowest BCUT2D eigenvalue weighted by atomic mass is 10.3. The van der Waals surface area contributed by atoms with Crippen LogP contribution in [0.3, 0.4) is 0 Å². The molecule has 1 aliphatic rings. The second-order valence-corrected chi connectivity index (χ2v) is 5.62. The minimum absolute atomic E-state index is 0.203. The second-order valence-electron chi connectivity index (χ2n) is 5.62. The Kier molecular flexibility index (Phi) is 5.57. The van der Waals surface area contributed by atoms with Crippen LogP contribution in [-0.4, -0.2) is 42.4 Å². The molecule has 2 amide bonds. The van der Waals surface area contributed by atoms with Gasteiger partial charge in [0.15, 0.2) is 11.5 Å². The Morgan fingerprint density at radius 3 is 2.81 bits per heavy atom. The zero-order valence-electron chi connectivity index (χ0n) is 14.8. The van der Waals surface area contributed by atoms with Crippen molar-refractivity contribution >= 4 is 23.5 Å². The molecule has 0 radical (unpaired) electrons. The molecule has 2 heterocycles. The third-order valence-electron chi connectivity index (χ3n) is 3.54. The van der Waals surface area contributed by atoms with Gasteiger partial charge < -0.3 is 30.7 Å². The van der Waals surface area contributed by atoms with E-state index in [0.717, 1.165) is 12.2 Å². The van der Waals surface area contributed by atoms with Crippen molar-refractivity contribution in [1.29, 1.82) is 0 Å². The molecule has 0 bridgehead atoms. The van der Waals surface area contributed by atoms with Crippen LogP contribution in [0.2, 0.25) is 0 Å². The third-order valence-corrected chi connectivity index (χ3v) is 3.54. The first-order valence-electron chi connectivity index (χ1n) is 8.42. The van der Waals surface area contributed by atoms with Crippen LogP contribution in [0.15, 0.2) is 24.3 Å². The van der Waals surface area contributed by atoms with Gasteiger partial charge >= 0.3 is 6.03 Å². The van der Waals surface area contributed by atoms with Gasteiger partial charge in [0.1, 0.15) is 5.82 Å². The van der Waals surface area contributed by atoms with Gasteiger partial charge in [0.25, 0.3) is 0 Å². The smallest absolute Gasteiger partial charge is 0.319 e. The van der Waals surface area contributed by atoms with Crippen LogP contribution in [0.5, 0.6) is 11.5 Å². The number of aromatic nitrogens is 2. The molecule has 0 aliphatic carbocycles. The summed E-state index contributed by atoms with van der Waals surface area (Å²) in [7, 11) is 0. The predicted molar refractivity (Wildman–Crippen MR) is 99.0 cm³/mol. The van der Waals surface area contributed by atoms with Crippen molar-refractivity contribution in [3.63, 3.8) is 0 Å². The van der Waals surface area contributed by atoms with Crippen molar-refractivity contribution in [2.75, 3.05) is 42.4 Å². The number of fused-ring (bicyclic) bond motifs is 1. The summed E-state index contributed by atoms with van der Waals surface area (Å²) in [5.41, 5.74) is 1.51. The van der Waals surface area contributed by atoms with E-state index in [1.165, 1.54) is 0 Å². The van der Waals surface area contributed by atoms with E-state index in [-0.39, 0.29) is 12.8 Å². The Labute approximate surface area is 151 Å². The average Bonchev–Trinajstić information content (AvgIpc) is 3.06. The van der Waals surface area contributed by atoms with Gasteiger partial charge in [0, 0.05) is 43.1 Å². The number of carbonyl (C=O) groups excluding carboxylic acids is 1. The number of rotatable bonds is 7. The fourth-order valence-corrected chi connectivity index (χ4v) is 2.41. The highest BCUT2D eigenvalue weighted by Gasteiger charge is 2.13. The van der Waals surface area contributed by atoms with Crippen molar-refractivity contribution in [3.8, 4) is 11.5 Å². The normalized spacial score (nSPS) is 11.8. The molecule has 1 aromatic carbocycles. The largest absolute Gasteiger partial charge is 0.454 e. The van der Waals surface area contributed by atoms with Crippen molar-refractivity contribution in [3.05, 3.63) is 30.0 Å². The van der Waals surface area contributed by atoms with Gasteiger partial charge in [-0.2, -0.15) is 4.98 Å². The Hall–Kier alpha value is -3.23. The predicted octanol–water partition coefficient (Wildman–Crippen LogP) is 2.18. The zero-order valence-corrected chi connectivity index (χ0v) is 14.8. The van der Waals surface area contributed by atoms with Gasteiger partial charge in [-0.15, -0.1) is 0 Å². The lowest BCUT2D eigenvalue weighted by Gasteiger charge is -2.11. The molecule has 0 saturated carbocycles. The van der Waals surface area contributed by atoms with Crippen LogP contribution in [0.25, 0.3) is 0 Å². The number of aryl methyl sites for hydroxylation is 1. The summed E-state index contributed by atoms with van der Waals surface area (Å²) >= 11 is 0. The number of nitrogens with zero attached hydrogens (tertiary/aromatic N) is 2. The number of benzene rings is 1. The van der Waals surface area contributed by atoms with Crippen molar-refractivity contribution in [2.24, 2.45) is 0 Å². The molecule has 1 aliphatic heterocycles. The number of nitrogens with one attached hydrogen (secondary N) is 4. The van der Waals surface area contributed by atoms with E-state index in [4.69, 9.17) is 9.47 Å². The molecule has 138 valence electrons. The molecule has 1 aromatic heterocycles. The maximum Gasteiger partial charge on any atom is 0.319 e. The molecular formula is C17H22N6O3. The van der Waals surface area contributed by atoms with Gasteiger partial charge in [-0.05, 0) is 26.0 Å². The number of anilines is 3. The van der Waals surface area contributed by atoms with Crippen LogP contribution < -0.4 is 30.7 Å². The number of hydrogen-bond donors (Lipinski definition) is 4. The monoisotopic (exact) mass is 358 g/mol. The highest BCUT2D eigenvalue weighted by molar-refractivity contribution is 5.89. The summed E-state index contributed by atoms with van der Waals surface area (Å²) in [6, 6.07) is 6.81. The number of amides is 2. The molecule has 3 rings (SSSR count). The fraction of sp³-hybridized carbons (Fsp3) is 0.353. The second kappa shape index (κ2) is 8.24. The Morgan fingerprint density at radius 1 is 1.12 bits per heavy atom. The summed E-state index contributed by atoms with van der Waals surface area (Å²) in [4.78, 5) is 20.6. The highest BCUT2D eigenvalue weighted by atomic mass is 16.7. The molecule has 0 fully saturated rings. The topological polar surface area (TPSA) is 109 Å². The lowest BCUT2D eigenvalue weighted by Crippen LogP contribution is -2.32. The van der Waals surface area contributed by atoms with E-state index in [0.29, 0.717) is 42.0 Å². The summed E-state index contributed by atoms with van der Waals surface area (Å²) in [6.45, 7) is 5.83. The zero-order chi connectivity index (χ0) is 18.4. The minimum atomic E-state index is -0.294. The Balaban J connectivity index is 1.43. The van der Waals surface area contributed by atoms with Gasteiger partial charge in [-0.1, -0.05) is 0 Å². The fourth-order valence-electron chi connectivity index (χ4n) is 2.41. The van der Waals surface area contributed by atoms with E-state index < -0.39 is 0 Å². The molecule has 0 spiro atoms. The SMILES string of the molecule is CCNc1nc(C)cc(NCCNC(=O)Nc2ccc3c(c2)OCO3)n1. The summed E-state index contributed by atoms with van der Waals surface area (Å²) in [5.74, 6) is 2.60. The maximum atomic E-state index is 12.0. The average molecular weight is 358 g/mol. The van der Waals surface area contributed by atoms with Crippen LogP contribution >= 0.6 is 0 Å². The molecule has 26 heavy (non-hydrogen) atoms. The number of ether oxygens (including phenoxy) is 2. The van der Waals surface area contributed by atoms with Gasteiger partial charge in [-0.3, -0.25) is 0 Å². The van der Waals surface area contributed by atoms with Crippen molar-refractivity contribution in [1.82, 2.24) is 15.3 Å².